The highest BCUT2D eigenvalue weighted by atomic mass is 32.1. The highest BCUT2D eigenvalue weighted by molar-refractivity contribution is 7.18. The van der Waals surface area contributed by atoms with Crippen molar-refractivity contribution in [2.45, 2.75) is 13.0 Å². The van der Waals surface area contributed by atoms with Gasteiger partial charge in [0.15, 0.2) is 0 Å². The van der Waals surface area contributed by atoms with Gasteiger partial charge in [-0.15, -0.1) is 11.3 Å². The molecule has 0 radical (unpaired) electrons. The van der Waals surface area contributed by atoms with E-state index in [1.165, 1.54) is 17.4 Å². The first-order chi connectivity index (χ1) is 21.8. The molecule has 0 bridgehead atoms. The summed E-state index contributed by atoms with van der Waals surface area (Å²) in [5.74, 6) is -1.78. The van der Waals surface area contributed by atoms with Crippen LogP contribution in [0.4, 0.5) is 8.78 Å². The van der Waals surface area contributed by atoms with Crippen molar-refractivity contribution in [3.63, 3.8) is 0 Å². The van der Waals surface area contributed by atoms with Gasteiger partial charge in [-0.05, 0) is 35.7 Å². The van der Waals surface area contributed by atoms with Crippen molar-refractivity contribution < 1.29 is 23.4 Å². The van der Waals surface area contributed by atoms with Crippen LogP contribution in [-0.2, 0) is 24.8 Å². The van der Waals surface area contributed by atoms with Crippen molar-refractivity contribution in [1.29, 1.82) is 0 Å². The van der Waals surface area contributed by atoms with Crippen LogP contribution in [0.3, 0.4) is 0 Å². The number of halogens is 2. The second kappa shape index (κ2) is 11.5. The number of benzene rings is 2. The molecule has 228 valence electrons. The Bertz CT molecular complexity index is 2090. The van der Waals surface area contributed by atoms with E-state index < -0.39 is 11.6 Å². The smallest absolute Gasteiger partial charge is 0.246 e. The van der Waals surface area contributed by atoms with Gasteiger partial charge in [0.25, 0.3) is 0 Å². The molecule has 0 aliphatic carbocycles. The van der Waals surface area contributed by atoms with Gasteiger partial charge in [-0.2, -0.15) is 10.2 Å². The summed E-state index contributed by atoms with van der Waals surface area (Å²) in [6.45, 7) is 4.56. The normalized spacial score (nSPS) is 13.3. The van der Waals surface area contributed by atoms with Crippen molar-refractivity contribution in [3.05, 3.63) is 84.0 Å². The molecule has 2 aromatic carbocycles. The number of aliphatic hydroxyl groups is 1. The number of pyridine rings is 1. The van der Waals surface area contributed by atoms with Gasteiger partial charge in [0, 0.05) is 77.2 Å². The molecule has 0 fully saturated rings. The van der Waals surface area contributed by atoms with Gasteiger partial charge in [-0.3, -0.25) is 14.2 Å². The molecule has 0 unspecified atom stereocenters. The van der Waals surface area contributed by atoms with Crippen LogP contribution in [0, 0.1) is 11.6 Å². The fourth-order valence-electron chi connectivity index (χ4n) is 5.91. The lowest BCUT2D eigenvalue weighted by Crippen LogP contribution is -2.32. The van der Waals surface area contributed by atoms with Crippen LogP contribution in [0.25, 0.3) is 54.8 Å². The minimum absolute atomic E-state index is 0.0387. The van der Waals surface area contributed by atoms with Gasteiger partial charge in [0.1, 0.15) is 35.4 Å². The van der Waals surface area contributed by atoms with E-state index in [2.05, 4.69) is 11.7 Å². The Kier molecular flexibility index (Phi) is 7.38. The zero-order valence-electron chi connectivity index (χ0n) is 24.3. The number of fused-ring (bicyclic) bond motifs is 3. The minimum atomic E-state index is -0.815. The summed E-state index contributed by atoms with van der Waals surface area (Å²) in [5, 5.41) is 22.5. The maximum atomic E-state index is 15.9. The molecule has 4 aromatic heterocycles. The number of hydrogen-bond donors (Lipinski definition) is 1. The summed E-state index contributed by atoms with van der Waals surface area (Å²) in [4.78, 5) is 19.2. The van der Waals surface area contributed by atoms with Gasteiger partial charge < -0.3 is 14.7 Å². The molecule has 7 rings (SSSR count). The predicted octanol–water partition coefficient (Wildman–Crippen LogP) is 5.60. The molecule has 0 atom stereocenters. The van der Waals surface area contributed by atoms with Gasteiger partial charge in [0.05, 0.1) is 29.9 Å². The first kappa shape index (κ1) is 28.8. The topological polar surface area (TPSA) is 98.3 Å². The maximum absolute atomic E-state index is 15.9. The molecule has 12 heteroatoms. The van der Waals surface area contributed by atoms with Crippen LogP contribution in [0.15, 0.2) is 66.7 Å². The molecule has 45 heavy (non-hydrogen) atoms. The fraction of sp³-hybridized carbons (Fsp3) is 0.212. The Morgan fingerprint density at radius 3 is 2.78 bits per heavy atom. The first-order valence-corrected chi connectivity index (χ1v) is 15.3. The lowest BCUT2D eigenvalue weighted by atomic mass is 9.96. The van der Waals surface area contributed by atoms with Crippen molar-refractivity contribution >= 4 is 38.2 Å². The van der Waals surface area contributed by atoms with E-state index in [1.807, 2.05) is 53.6 Å². The van der Waals surface area contributed by atoms with Gasteiger partial charge in [0.2, 0.25) is 5.91 Å². The zero-order valence-corrected chi connectivity index (χ0v) is 25.2. The molecule has 9 nitrogen and oxygen atoms in total. The number of rotatable bonds is 7. The van der Waals surface area contributed by atoms with Crippen LogP contribution in [0.1, 0.15) is 5.69 Å². The van der Waals surface area contributed by atoms with E-state index in [-0.39, 0.29) is 30.4 Å². The number of amides is 1. The molecule has 1 amide bonds. The molecule has 0 saturated carbocycles. The van der Waals surface area contributed by atoms with E-state index in [0.717, 1.165) is 44.4 Å². The van der Waals surface area contributed by atoms with Gasteiger partial charge in [-0.25, -0.2) is 13.8 Å². The third-order valence-electron chi connectivity index (χ3n) is 7.93. The number of nitrogens with zero attached hydrogens (tertiary/aromatic N) is 6. The van der Waals surface area contributed by atoms with E-state index in [9.17, 15) is 14.3 Å². The average molecular weight is 627 g/mol. The molecule has 1 N–H and O–H groups in total. The van der Waals surface area contributed by atoms with Crippen molar-refractivity contribution in [1.82, 2.24) is 29.4 Å². The number of aryl methyl sites for hydroxylation is 1. The van der Waals surface area contributed by atoms with E-state index in [1.54, 1.807) is 9.58 Å². The Morgan fingerprint density at radius 2 is 1.96 bits per heavy atom. The summed E-state index contributed by atoms with van der Waals surface area (Å²) in [7, 11) is 1.87. The summed E-state index contributed by atoms with van der Waals surface area (Å²) in [6, 6.07) is 11.7. The highest BCUT2D eigenvalue weighted by Crippen LogP contribution is 2.47. The van der Waals surface area contributed by atoms with Crippen LogP contribution < -0.4 is 4.74 Å². The van der Waals surface area contributed by atoms with Crippen LogP contribution in [0.2, 0.25) is 0 Å². The van der Waals surface area contributed by atoms with Crippen LogP contribution >= 0.6 is 11.3 Å². The monoisotopic (exact) mass is 626 g/mol. The minimum Gasteiger partial charge on any atom is -0.490 e. The third-order valence-corrected chi connectivity index (χ3v) is 8.86. The SMILES string of the molecule is C=CC(=O)N1CCc2cc(-c3nc(-c4ccc5nn(C)cc5c4)c4ccsc4c3-c3c(F)cc(F)cc3OCCO)nn2CC1. The van der Waals surface area contributed by atoms with E-state index in [0.29, 0.717) is 48.7 Å². The highest BCUT2D eigenvalue weighted by Gasteiger charge is 2.28. The summed E-state index contributed by atoms with van der Waals surface area (Å²) in [5.41, 5.74) is 4.67. The molecule has 5 heterocycles. The second-order valence-corrected chi connectivity index (χ2v) is 11.7. The molecule has 1 aliphatic rings. The summed E-state index contributed by atoms with van der Waals surface area (Å²) >= 11 is 1.41. The largest absolute Gasteiger partial charge is 0.490 e. The number of carbonyl (C=O) groups excluding carboxylic acids is 1. The lowest BCUT2D eigenvalue weighted by Gasteiger charge is -2.18. The number of carbonyl (C=O) groups is 1. The quantitative estimate of drug-likeness (QED) is 0.232. The van der Waals surface area contributed by atoms with Crippen molar-refractivity contribution in [2.24, 2.45) is 7.05 Å². The number of ether oxygens (including phenoxy) is 1. The lowest BCUT2D eigenvalue weighted by molar-refractivity contribution is -0.126. The number of aliphatic hydroxyl groups excluding tert-OH is 1. The Labute approximate surface area is 260 Å². The fourth-order valence-corrected chi connectivity index (χ4v) is 6.86. The molecule has 6 aromatic rings. The van der Waals surface area contributed by atoms with E-state index >= 15 is 4.39 Å². The Morgan fingerprint density at radius 1 is 1.09 bits per heavy atom. The number of hydrogen-bond acceptors (Lipinski definition) is 7. The van der Waals surface area contributed by atoms with Crippen molar-refractivity contribution in [3.8, 4) is 39.5 Å². The second-order valence-electron chi connectivity index (χ2n) is 10.8. The maximum Gasteiger partial charge on any atom is 0.246 e. The molecular weight excluding hydrogens is 598 g/mol. The molecular formula is C33H28F2N6O3S. The Balaban J connectivity index is 1.47. The predicted molar refractivity (Wildman–Crippen MR) is 169 cm³/mol. The van der Waals surface area contributed by atoms with Crippen molar-refractivity contribution in [2.75, 3.05) is 26.3 Å². The molecule has 1 aliphatic heterocycles. The number of thiophene rings is 1. The van der Waals surface area contributed by atoms with Crippen LogP contribution in [0.5, 0.6) is 5.75 Å². The standard InChI is InChI=1S/C33H28F2N6O3S/c1-3-28(43)40-8-6-22-17-26(38-41(22)10-9-40)32-30(29-24(35)15-21(34)16-27(29)44-12-11-42)33-23(7-13-45-33)31(36-32)19-4-5-25-20(14-19)18-39(2)37-25/h3-5,7,13-18,42H,1,6,8-12H2,2H3. The van der Waals surface area contributed by atoms with Gasteiger partial charge in [-0.1, -0.05) is 12.6 Å². The molecule has 0 spiro atoms. The van der Waals surface area contributed by atoms with Crippen LogP contribution in [-0.4, -0.2) is 66.8 Å². The third kappa shape index (κ3) is 5.15. The average Bonchev–Trinajstić information content (AvgIpc) is 3.74. The number of aromatic nitrogens is 5. The zero-order chi connectivity index (χ0) is 31.2. The summed E-state index contributed by atoms with van der Waals surface area (Å²) in [6.07, 6.45) is 3.80. The Hall–Kier alpha value is -4.94. The van der Waals surface area contributed by atoms with E-state index in [4.69, 9.17) is 14.8 Å². The first-order valence-electron chi connectivity index (χ1n) is 14.4. The molecule has 0 saturated heterocycles. The summed E-state index contributed by atoms with van der Waals surface area (Å²) < 4.78 is 40.4. The van der Waals surface area contributed by atoms with Gasteiger partial charge >= 0.3 is 0 Å².